The van der Waals surface area contributed by atoms with Crippen molar-refractivity contribution in [3.63, 3.8) is 0 Å². The Balaban J connectivity index is 1.74. The van der Waals surface area contributed by atoms with Gasteiger partial charge in [0.05, 0.1) is 16.8 Å². The van der Waals surface area contributed by atoms with Gasteiger partial charge in [0, 0.05) is 18.1 Å². The second-order valence-corrected chi connectivity index (χ2v) is 13.4. The summed E-state index contributed by atoms with van der Waals surface area (Å²) < 4.78 is 50.4. The minimum absolute atomic E-state index is 0.113. The Morgan fingerprint density at radius 2 is 1.92 bits per heavy atom. The van der Waals surface area contributed by atoms with E-state index in [9.17, 15) is 16.8 Å². The quantitative estimate of drug-likeness (QED) is 0.752. The fourth-order valence-electron chi connectivity index (χ4n) is 3.88. The van der Waals surface area contributed by atoms with E-state index in [2.05, 4.69) is 24.1 Å². The van der Waals surface area contributed by atoms with Gasteiger partial charge in [0.2, 0.25) is 0 Å². The van der Waals surface area contributed by atoms with Gasteiger partial charge in [-0.05, 0) is 51.2 Å². The fourth-order valence-corrected chi connectivity index (χ4v) is 9.82. The van der Waals surface area contributed by atoms with Crippen LogP contribution in [-0.4, -0.2) is 69.7 Å². The van der Waals surface area contributed by atoms with Gasteiger partial charge < -0.3 is 5.32 Å². The predicted molar refractivity (Wildman–Crippen MR) is 105 cm³/mol. The maximum absolute atomic E-state index is 12.9. The molecule has 0 radical (unpaired) electrons. The number of hydrogen-bond acceptors (Lipinski definition) is 7. The number of nitrogens with zero attached hydrogens (tertiary/aromatic N) is 1. The molecule has 0 unspecified atom stereocenters. The molecule has 26 heavy (non-hydrogen) atoms. The van der Waals surface area contributed by atoms with Gasteiger partial charge in [-0.15, -0.1) is 11.3 Å². The Kier molecular flexibility index (Phi) is 5.85. The summed E-state index contributed by atoms with van der Waals surface area (Å²) in [7, 11) is -7.01. The number of hydrogen-bond donors (Lipinski definition) is 1. The van der Waals surface area contributed by atoms with Gasteiger partial charge in [-0.1, -0.05) is 12.5 Å². The van der Waals surface area contributed by atoms with Gasteiger partial charge in [-0.3, -0.25) is 4.90 Å². The average Bonchev–Trinajstić information content (AvgIpc) is 3.22. The SMILES string of the molecule is CC(C)(CN[C@H]1CS(=O)(=O)C[C@@H]1S(=O)(=O)c1cccs1)N1CCCCC1. The van der Waals surface area contributed by atoms with Crippen molar-refractivity contribution in [2.75, 3.05) is 31.1 Å². The Hall–Kier alpha value is -0.480. The molecule has 1 N–H and O–H groups in total. The molecule has 3 rings (SSSR count). The van der Waals surface area contributed by atoms with Crippen LogP contribution in [0.15, 0.2) is 21.7 Å². The smallest absolute Gasteiger partial charge is 0.193 e. The van der Waals surface area contributed by atoms with Crippen molar-refractivity contribution in [3.8, 4) is 0 Å². The van der Waals surface area contributed by atoms with Crippen molar-refractivity contribution in [1.82, 2.24) is 10.2 Å². The molecule has 1 aromatic rings. The van der Waals surface area contributed by atoms with Crippen LogP contribution in [0.5, 0.6) is 0 Å². The molecule has 6 nitrogen and oxygen atoms in total. The molecule has 148 valence electrons. The van der Waals surface area contributed by atoms with Crippen LogP contribution in [0.25, 0.3) is 0 Å². The highest BCUT2D eigenvalue weighted by Crippen LogP contribution is 2.29. The highest BCUT2D eigenvalue weighted by Gasteiger charge is 2.46. The van der Waals surface area contributed by atoms with E-state index >= 15 is 0 Å². The van der Waals surface area contributed by atoms with E-state index in [-0.39, 0.29) is 21.3 Å². The Morgan fingerprint density at radius 1 is 1.23 bits per heavy atom. The van der Waals surface area contributed by atoms with Crippen LogP contribution in [0.1, 0.15) is 33.1 Å². The Labute approximate surface area is 160 Å². The molecule has 0 spiro atoms. The number of likely N-dealkylation sites (tertiary alicyclic amines) is 1. The lowest BCUT2D eigenvalue weighted by atomic mass is 9.98. The molecule has 2 fully saturated rings. The van der Waals surface area contributed by atoms with Crippen LogP contribution in [0.3, 0.4) is 0 Å². The molecule has 9 heteroatoms. The molecule has 2 aliphatic rings. The number of nitrogens with one attached hydrogen (secondary N) is 1. The monoisotopic (exact) mass is 420 g/mol. The minimum Gasteiger partial charge on any atom is -0.310 e. The zero-order valence-corrected chi connectivity index (χ0v) is 17.8. The first-order chi connectivity index (χ1) is 12.1. The first-order valence-electron chi connectivity index (χ1n) is 9.08. The van der Waals surface area contributed by atoms with Gasteiger partial charge in [-0.25, -0.2) is 16.8 Å². The van der Waals surface area contributed by atoms with Gasteiger partial charge in [-0.2, -0.15) is 0 Å². The minimum atomic E-state index is -3.64. The zero-order chi connectivity index (χ0) is 19.0. The first-order valence-corrected chi connectivity index (χ1v) is 13.3. The van der Waals surface area contributed by atoms with E-state index in [1.165, 1.54) is 19.3 Å². The molecule has 3 heterocycles. The second kappa shape index (κ2) is 7.50. The lowest BCUT2D eigenvalue weighted by molar-refractivity contribution is 0.0925. The summed E-state index contributed by atoms with van der Waals surface area (Å²) in [6.07, 6.45) is 3.61. The van der Waals surface area contributed by atoms with E-state index < -0.39 is 31.0 Å². The molecule has 0 aliphatic carbocycles. The van der Waals surface area contributed by atoms with Crippen LogP contribution in [-0.2, 0) is 19.7 Å². The number of piperidine rings is 1. The van der Waals surface area contributed by atoms with E-state index in [0.29, 0.717) is 6.54 Å². The summed E-state index contributed by atoms with van der Waals surface area (Å²) >= 11 is 1.15. The van der Waals surface area contributed by atoms with E-state index in [4.69, 9.17) is 0 Å². The van der Waals surface area contributed by atoms with Gasteiger partial charge in [0.1, 0.15) is 4.21 Å². The van der Waals surface area contributed by atoms with Crippen LogP contribution in [0.4, 0.5) is 0 Å². The third-order valence-electron chi connectivity index (χ3n) is 5.48. The maximum atomic E-state index is 12.9. The van der Waals surface area contributed by atoms with Crippen LogP contribution in [0, 0.1) is 0 Å². The molecule has 2 aliphatic heterocycles. The highest BCUT2D eigenvalue weighted by molar-refractivity contribution is 7.97. The van der Waals surface area contributed by atoms with Crippen molar-refractivity contribution in [2.45, 2.75) is 54.1 Å². The molecule has 0 bridgehead atoms. The molecule has 0 amide bonds. The van der Waals surface area contributed by atoms with E-state index in [1.54, 1.807) is 17.5 Å². The fraction of sp³-hybridized carbons (Fsp3) is 0.765. The zero-order valence-electron chi connectivity index (χ0n) is 15.3. The van der Waals surface area contributed by atoms with Crippen molar-refractivity contribution in [2.24, 2.45) is 0 Å². The molecule has 1 aromatic heterocycles. The third kappa shape index (κ3) is 4.32. The Morgan fingerprint density at radius 3 is 2.54 bits per heavy atom. The van der Waals surface area contributed by atoms with Crippen LogP contribution < -0.4 is 5.32 Å². The average molecular weight is 421 g/mol. The number of rotatable bonds is 6. The summed E-state index contributed by atoms with van der Waals surface area (Å²) in [6.45, 7) is 6.92. The first kappa shape index (κ1) is 20.3. The van der Waals surface area contributed by atoms with Gasteiger partial charge in [0.25, 0.3) is 0 Å². The van der Waals surface area contributed by atoms with E-state index in [1.807, 2.05) is 0 Å². The number of thiophene rings is 1. The van der Waals surface area contributed by atoms with Gasteiger partial charge >= 0.3 is 0 Å². The maximum Gasteiger partial charge on any atom is 0.193 e. The Bertz CT molecular complexity index is 810. The van der Waals surface area contributed by atoms with Crippen molar-refractivity contribution in [1.29, 1.82) is 0 Å². The van der Waals surface area contributed by atoms with Crippen molar-refractivity contribution >= 4 is 31.0 Å². The highest BCUT2D eigenvalue weighted by atomic mass is 32.2. The second-order valence-electron chi connectivity index (χ2n) is 7.94. The lowest BCUT2D eigenvalue weighted by Crippen LogP contribution is -2.56. The van der Waals surface area contributed by atoms with Crippen molar-refractivity contribution in [3.05, 3.63) is 17.5 Å². The van der Waals surface area contributed by atoms with Crippen LogP contribution in [0.2, 0.25) is 0 Å². The summed E-state index contributed by atoms with van der Waals surface area (Å²) in [5.74, 6) is -0.409. The van der Waals surface area contributed by atoms with E-state index in [0.717, 1.165) is 24.4 Å². The molecule has 2 saturated heterocycles. The topological polar surface area (TPSA) is 83.5 Å². The molecule has 0 aromatic carbocycles. The van der Waals surface area contributed by atoms with Crippen molar-refractivity contribution < 1.29 is 16.8 Å². The molecule has 2 atom stereocenters. The summed E-state index contributed by atoms with van der Waals surface area (Å²) in [5, 5.41) is 4.09. The summed E-state index contributed by atoms with van der Waals surface area (Å²) in [4.78, 5) is 2.41. The predicted octanol–water partition coefficient (Wildman–Crippen LogP) is 1.54. The molecular weight excluding hydrogens is 392 g/mol. The third-order valence-corrected chi connectivity index (χ3v) is 11.1. The lowest BCUT2D eigenvalue weighted by Gasteiger charge is -2.42. The van der Waals surface area contributed by atoms with Gasteiger partial charge in [0.15, 0.2) is 19.7 Å². The number of sulfone groups is 2. The summed E-state index contributed by atoms with van der Waals surface area (Å²) in [6, 6.07) is 2.68. The molecular formula is C17H28N2O4S3. The standard InChI is InChI=1S/C17H28N2O4S3/c1-17(2,19-8-4-3-5-9-19)13-18-14-11-25(20,21)12-15(14)26(22,23)16-7-6-10-24-16/h6-7,10,14-15,18H,3-5,8-9,11-13H2,1-2H3/t14-,15-/m0/s1. The largest absolute Gasteiger partial charge is 0.310 e. The normalized spacial score (nSPS) is 27.6. The summed E-state index contributed by atoms with van der Waals surface area (Å²) in [5.41, 5.74) is -0.135. The van der Waals surface area contributed by atoms with Crippen LogP contribution >= 0.6 is 11.3 Å². The molecule has 0 saturated carbocycles.